The highest BCUT2D eigenvalue weighted by Crippen LogP contribution is 2.22. The number of nitrogens with one attached hydrogen (secondary N) is 4. The summed E-state index contributed by atoms with van der Waals surface area (Å²) in [5.74, 6) is -9.69. The number of benzene rings is 2. The van der Waals surface area contributed by atoms with Crippen LogP contribution in [-0.4, -0.2) is 147 Å². The number of amides is 4. The van der Waals surface area contributed by atoms with E-state index in [0.717, 1.165) is 0 Å². The van der Waals surface area contributed by atoms with Gasteiger partial charge in [-0.05, 0) is 107 Å². The van der Waals surface area contributed by atoms with Gasteiger partial charge in [0.25, 0.3) is 0 Å². The maximum absolute atomic E-state index is 14.3. The first kappa shape index (κ1) is 64.4. The summed E-state index contributed by atoms with van der Waals surface area (Å²) in [6, 6.07) is 5.68. The number of ketones is 4. The third-order valence-corrected chi connectivity index (χ3v) is 12.6. The van der Waals surface area contributed by atoms with Crippen LogP contribution >= 0.6 is 12.6 Å². The van der Waals surface area contributed by atoms with E-state index in [1.54, 1.807) is 12.1 Å². The number of hydrogen-bond acceptors (Lipinski definition) is 17. The molecule has 0 heterocycles. The molecule has 2 aromatic carbocycles. The summed E-state index contributed by atoms with van der Waals surface area (Å²) < 4.78 is 0. The number of nitrogens with two attached hydrogens (primary N) is 6. The first-order valence-corrected chi connectivity index (χ1v) is 25.4. The minimum atomic E-state index is -1.48. The molecule has 0 bridgehead atoms. The zero-order valence-electron chi connectivity index (χ0n) is 42.7. The second-order valence-electron chi connectivity index (χ2n) is 18.5. The average molecular weight is 1070 g/mol. The van der Waals surface area contributed by atoms with E-state index >= 15 is 0 Å². The van der Waals surface area contributed by atoms with Crippen LogP contribution in [0.5, 0.6) is 11.5 Å². The minimum absolute atomic E-state index is 0.0122. The van der Waals surface area contributed by atoms with E-state index in [1.165, 1.54) is 50.2 Å². The second kappa shape index (κ2) is 34.0. The highest BCUT2D eigenvalue weighted by Gasteiger charge is 2.35. The highest BCUT2D eigenvalue weighted by molar-refractivity contribution is 7.80. The number of phenolic OH excluding ortho intramolecular Hbond substituents is 2. The summed E-state index contributed by atoms with van der Waals surface area (Å²) in [6.45, 7) is 1.97. The number of hydrogen-bond donors (Lipinski definition) is 15. The maximum atomic E-state index is 14.3. The summed E-state index contributed by atoms with van der Waals surface area (Å²) >= 11 is 4.09. The molecule has 0 radical (unpaired) electrons. The van der Waals surface area contributed by atoms with Gasteiger partial charge in [0.05, 0.1) is 42.8 Å². The molecule has 0 aliphatic carbocycles. The molecular weight excluding hydrogens is 993 g/mol. The highest BCUT2D eigenvalue weighted by atomic mass is 32.1. The number of carbonyl (C=O) groups is 8. The number of thiol groups is 1. The number of nitrogens with zero attached hydrogens (tertiary/aromatic N) is 2. The molecule has 20 N–H and O–H groups in total. The molecule has 0 saturated carbocycles. The molecule has 2 aromatic rings. The second-order valence-corrected chi connectivity index (χ2v) is 18.9. The smallest absolute Gasteiger partial charge is 0.238 e. The van der Waals surface area contributed by atoms with Crippen LogP contribution in [0.4, 0.5) is 0 Å². The van der Waals surface area contributed by atoms with Gasteiger partial charge < -0.3 is 76.1 Å². The molecule has 25 heteroatoms. The Morgan fingerprint density at radius 3 is 1.45 bits per heavy atom. The number of phenols is 2. The van der Waals surface area contributed by atoms with E-state index in [9.17, 15) is 58.8 Å². The number of carbonyl (C=O) groups excluding carboxylic acids is 8. The van der Waals surface area contributed by atoms with Gasteiger partial charge in [0.1, 0.15) is 17.5 Å². The Labute approximate surface area is 442 Å². The Kier molecular flexibility index (Phi) is 29.2. The van der Waals surface area contributed by atoms with Crippen molar-refractivity contribution >= 4 is 71.3 Å². The summed E-state index contributed by atoms with van der Waals surface area (Å²) in [4.78, 5) is 118. The van der Waals surface area contributed by atoms with Gasteiger partial charge in [-0.3, -0.25) is 48.3 Å². The number of aliphatic imine (C=N–C) groups is 2. The van der Waals surface area contributed by atoms with Gasteiger partial charge in [-0.25, -0.2) is 0 Å². The monoisotopic (exact) mass is 1070 g/mol. The van der Waals surface area contributed by atoms with Crippen LogP contribution in [-0.2, 0) is 51.2 Å². The van der Waals surface area contributed by atoms with Crippen LogP contribution < -0.4 is 55.7 Å². The average Bonchev–Trinajstić information content (AvgIpc) is 3.36. The van der Waals surface area contributed by atoms with E-state index in [-0.39, 0.29) is 100 Å². The first-order chi connectivity index (χ1) is 35.5. The van der Waals surface area contributed by atoms with Gasteiger partial charge in [0.2, 0.25) is 23.6 Å². The summed E-state index contributed by atoms with van der Waals surface area (Å²) in [6.07, 6.45) is -1.67. The predicted molar refractivity (Wildman–Crippen MR) is 285 cm³/mol. The number of aromatic hydroxyl groups is 2. The Hall–Kier alpha value is -6.67. The molecule has 0 aromatic heterocycles. The third-order valence-electron chi connectivity index (χ3n) is 12.2. The number of aliphatic hydroxyl groups is 2. The van der Waals surface area contributed by atoms with Crippen molar-refractivity contribution in [2.24, 2.45) is 62.1 Å². The lowest BCUT2D eigenvalue weighted by Crippen LogP contribution is -2.51. The fraction of sp³-hybridized carbons (Fsp3) is 0.560. The van der Waals surface area contributed by atoms with E-state index in [2.05, 4.69) is 43.9 Å². The maximum Gasteiger partial charge on any atom is 0.238 e. The van der Waals surface area contributed by atoms with E-state index in [0.29, 0.717) is 24.0 Å². The lowest BCUT2D eigenvalue weighted by molar-refractivity contribution is -0.136. The Morgan fingerprint density at radius 1 is 0.587 bits per heavy atom. The number of rotatable bonds is 37. The van der Waals surface area contributed by atoms with Crippen molar-refractivity contribution in [2.45, 2.75) is 127 Å². The number of guanidine groups is 2. The molecule has 2 rings (SSSR count). The van der Waals surface area contributed by atoms with Crippen LogP contribution in [0.3, 0.4) is 0 Å². The molecule has 0 saturated heterocycles. The van der Waals surface area contributed by atoms with E-state index in [4.69, 9.17) is 34.4 Å². The molecule has 0 fully saturated rings. The van der Waals surface area contributed by atoms with Gasteiger partial charge >= 0.3 is 0 Å². The number of aliphatic hydroxyl groups excluding tert-OH is 2. The van der Waals surface area contributed by atoms with Crippen LogP contribution in [0.2, 0.25) is 0 Å². The van der Waals surface area contributed by atoms with Crippen LogP contribution in [0.15, 0.2) is 58.5 Å². The molecule has 0 aliphatic rings. The van der Waals surface area contributed by atoms with Crippen molar-refractivity contribution in [1.82, 2.24) is 21.3 Å². The van der Waals surface area contributed by atoms with Crippen LogP contribution in [0.25, 0.3) is 0 Å². The number of Topliss-reactive ketones (excluding diaryl/α,β-unsaturated/α-hetero) is 4. The molecule has 4 amide bonds. The zero-order chi connectivity index (χ0) is 56.2. The predicted octanol–water partition coefficient (Wildman–Crippen LogP) is -2.00. The van der Waals surface area contributed by atoms with Crippen LogP contribution in [0.1, 0.15) is 89.2 Å². The Balaban J connectivity index is 2.48. The van der Waals surface area contributed by atoms with Crippen molar-refractivity contribution in [2.75, 3.05) is 32.0 Å². The molecule has 9 atom stereocenters. The Bertz CT molecular complexity index is 2240. The van der Waals surface area contributed by atoms with Gasteiger partial charge in [0.15, 0.2) is 35.1 Å². The molecule has 75 heavy (non-hydrogen) atoms. The largest absolute Gasteiger partial charge is 0.508 e. The fourth-order valence-corrected chi connectivity index (χ4v) is 8.12. The van der Waals surface area contributed by atoms with Gasteiger partial charge in [-0.15, -0.1) is 0 Å². The molecule has 0 unspecified atom stereocenters. The molecule has 416 valence electrons. The zero-order valence-corrected chi connectivity index (χ0v) is 43.6. The number of unbranched alkanes of at least 4 members (excludes halogenated alkanes) is 1. The standard InChI is InChI=1S/C50H78N12O12S/c1-28(64)44(29(2)65)62-46(72)33(21-30-10-14-35(66)15-11-30)24-41(68)38(8-5-19-57-49(53)54)60-47(73)34(26-63)25-42(69)39(9-6-20-58-50(55)56)59-45(71)32(7-3-4-18-51)23-43(70)40(61-48(74)37(52)27-75)22-31-12-16-36(67)17-13-31/h10-17,28,32-34,37-40,44,63-64,66-67,75H,3-9,18-27,51-52H2,1-2H3,(H,59,71)(H,60,73)(H,61,74)(H,62,72)(H4,53,54,57)(H4,55,56,58)/t28-,32-,33-,34+,37+,38+,39+,40+,44+/m1/s1. The molecule has 0 aliphatic heterocycles. The van der Waals surface area contributed by atoms with Crippen LogP contribution in [0, 0.1) is 17.8 Å². The van der Waals surface area contributed by atoms with Gasteiger partial charge in [-0.2, -0.15) is 12.6 Å². The van der Waals surface area contributed by atoms with Crippen molar-refractivity contribution < 1.29 is 58.8 Å². The minimum Gasteiger partial charge on any atom is -0.508 e. The lowest BCUT2D eigenvalue weighted by atomic mass is 9.89. The van der Waals surface area contributed by atoms with Crippen molar-refractivity contribution in [3.8, 4) is 11.5 Å². The summed E-state index contributed by atoms with van der Waals surface area (Å²) in [7, 11) is 0. The van der Waals surface area contributed by atoms with E-state index < -0.39 is 120 Å². The fourth-order valence-electron chi connectivity index (χ4n) is 7.95. The molecule has 0 spiro atoms. The lowest BCUT2D eigenvalue weighted by Gasteiger charge is -2.26. The van der Waals surface area contributed by atoms with Crippen molar-refractivity contribution in [3.05, 3.63) is 59.7 Å². The summed E-state index contributed by atoms with van der Waals surface area (Å²) in [5, 5.41) is 51.0. The summed E-state index contributed by atoms with van der Waals surface area (Å²) in [5.41, 5.74) is 34.8. The first-order valence-electron chi connectivity index (χ1n) is 24.8. The normalized spacial score (nSPS) is 14.7. The van der Waals surface area contributed by atoms with Crippen molar-refractivity contribution in [1.29, 1.82) is 0 Å². The SMILES string of the molecule is CC(=O)[C@@H](NC(=O)[C@@H](CC(=O)[C@H](CCCN=C(N)N)NC(=O)[C@H](CO)CC(=O)[C@H](CCCN=C(N)N)NC(=O)[C@H](CCCCN)CC(=O)[C@H](Cc1ccc(O)cc1)NC(=O)[C@@H](N)CS)Cc1ccc(O)cc1)[C@@H](C)O. The Morgan fingerprint density at radius 2 is 1.01 bits per heavy atom. The quantitative estimate of drug-likeness (QED) is 0.0151. The van der Waals surface area contributed by atoms with Crippen molar-refractivity contribution in [3.63, 3.8) is 0 Å². The molecular formula is C50H78N12O12S. The van der Waals surface area contributed by atoms with E-state index in [1.807, 2.05) is 0 Å². The molecule has 24 nitrogen and oxygen atoms in total. The van der Waals surface area contributed by atoms with Gasteiger partial charge in [0, 0.05) is 49.9 Å². The topological polar surface area (TPSA) is 446 Å². The van der Waals surface area contributed by atoms with Gasteiger partial charge in [-0.1, -0.05) is 30.7 Å². The third kappa shape index (κ3) is 24.5.